The van der Waals surface area contributed by atoms with Crippen molar-refractivity contribution in [1.29, 1.82) is 0 Å². The van der Waals surface area contributed by atoms with Gasteiger partial charge in [0.05, 0.1) is 6.10 Å². The lowest BCUT2D eigenvalue weighted by Gasteiger charge is -2.54. The monoisotopic (exact) mass is 297 g/mol. The molecule has 2 nitrogen and oxygen atoms in total. The second-order valence-electron chi connectivity index (χ2n) is 6.12. The smallest absolute Gasteiger partial charge is 0.130 e. The third-order valence-corrected chi connectivity index (χ3v) is 4.99. The Bertz CT molecular complexity index is 473. The molecule has 1 aliphatic rings. The van der Waals surface area contributed by atoms with Gasteiger partial charge in [-0.15, -0.1) is 0 Å². The first-order chi connectivity index (χ1) is 9.93. The lowest BCUT2D eigenvalue weighted by Crippen LogP contribution is -2.62. The average Bonchev–Trinajstić information content (AvgIpc) is 2.45. The number of nitrogens with one attached hydrogen (secondary N) is 1. The fourth-order valence-corrected chi connectivity index (χ4v) is 3.32. The van der Waals surface area contributed by atoms with Gasteiger partial charge in [0.15, 0.2) is 0 Å². The number of ether oxygens (including phenoxy) is 1. The van der Waals surface area contributed by atoms with E-state index in [9.17, 15) is 8.78 Å². The fraction of sp³-hybridized carbons (Fsp3) is 0.647. The molecule has 0 aromatic heterocycles. The van der Waals surface area contributed by atoms with Crippen LogP contribution in [0, 0.1) is 17.0 Å². The number of halogens is 2. The van der Waals surface area contributed by atoms with Gasteiger partial charge in [-0.2, -0.15) is 0 Å². The van der Waals surface area contributed by atoms with Gasteiger partial charge >= 0.3 is 0 Å². The molecule has 2 rings (SSSR count). The molecule has 1 fully saturated rings. The Hall–Kier alpha value is -1.00. The molecule has 0 aliphatic heterocycles. The van der Waals surface area contributed by atoms with E-state index in [0.717, 1.165) is 12.8 Å². The van der Waals surface area contributed by atoms with Crippen molar-refractivity contribution in [2.75, 3.05) is 6.61 Å². The molecule has 0 spiro atoms. The lowest BCUT2D eigenvalue weighted by molar-refractivity contribution is -0.128. The van der Waals surface area contributed by atoms with E-state index in [1.807, 2.05) is 13.8 Å². The zero-order valence-corrected chi connectivity index (χ0v) is 13.2. The molecule has 118 valence electrons. The van der Waals surface area contributed by atoms with Gasteiger partial charge in [0.2, 0.25) is 0 Å². The summed E-state index contributed by atoms with van der Waals surface area (Å²) in [7, 11) is 0. The summed E-state index contributed by atoms with van der Waals surface area (Å²) in [6.07, 6.45) is 2.09. The van der Waals surface area contributed by atoms with Crippen LogP contribution in [-0.4, -0.2) is 18.8 Å². The molecule has 0 bridgehead atoms. The Balaban J connectivity index is 2.09. The summed E-state index contributed by atoms with van der Waals surface area (Å²) in [6, 6.07) is 3.86. The number of hydrogen-bond acceptors (Lipinski definition) is 2. The summed E-state index contributed by atoms with van der Waals surface area (Å²) in [5.41, 5.74) is 0.141. The topological polar surface area (TPSA) is 21.3 Å². The minimum atomic E-state index is -0.492. The first-order valence-electron chi connectivity index (χ1n) is 7.75. The molecule has 0 saturated heterocycles. The molecule has 4 unspecified atom stereocenters. The van der Waals surface area contributed by atoms with Crippen molar-refractivity contribution in [2.24, 2.45) is 5.41 Å². The molecule has 0 heterocycles. The summed E-state index contributed by atoms with van der Waals surface area (Å²) in [6.45, 7) is 8.82. The fourth-order valence-electron chi connectivity index (χ4n) is 3.32. The number of hydrogen-bond donors (Lipinski definition) is 1. The van der Waals surface area contributed by atoms with E-state index in [0.29, 0.717) is 6.61 Å². The molecular weight excluding hydrogens is 272 g/mol. The normalized spacial score (nSPS) is 30.0. The quantitative estimate of drug-likeness (QED) is 0.849. The molecule has 1 aliphatic carbocycles. The Kier molecular flexibility index (Phi) is 4.99. The predicted molar refractivity (Wildman–Crippen MR) is 80.1 cm³/mol. The Morgan fingerprint density at radius 2 is 1.95 bits per heavy atom. The summed E-state index contributed by atoms with van der Waals surface area (Å²) >= 11 is 0. The standard InChI is InChI=1S/C17H25F2NO/c1-5-17(4)14(10-15(17)21-6-2)20-11(3)16-12(18)8-7-9-13(16)19/h7-9,11,14-15,20H,5-6,10H2,1-4H3. The molecule has 0 radical (unpaired) electrons. The van der Waals surface area contributed by atoms with Crippen molar-refractivity contribution in [3.8, 4) is 0 Å². The van der Waals surface area contributed by atoms with Crippen molar-refractivity contribution < 1.29 is 13.5 Å². The van der Waals surface area contributed by atoms with Crippen LogP contribution in [0.25, 0.3) is 0 Å². The summed E-state index contributed by atoms with van der Waals surface area (Å²) in [4.78, 5) is 0. The molecular formula is C17H25F2NO. The third-order valence-electron chi connectivity index (χ3n) is 4.99. The molecule has 1 aromatic carbocycles. The molecule has 1 N–H and O–H groups in total. The van der Waals surface area contributed by atoms with E-state index in [1.54, 1.807) is 0 Å². The average molecular weight is 297 g/mol. The third kappa shape index (κ3) is 2.97. The maximum atomic E-state index is 13.8. The van der Waals surface area contributed by atoms with Gasteiger partial charge in [0, 0.05) is 29.7 Å². The van der Waals surface area contributed by atoms with Crippen LogP contribution in [-0.2, 0) is 4.74 Å². The van der Waals surface area contributed by atoms with Crippen LogP contribution in [0.5, 0.6) is 0 Å². The summed E-state index contributed by atoms with van der Waals surface area (Å²) < 4.78 is 33.4. The minimum Gasteiger partial charge on any atom is -0.378 e. The van der Waals surface area contributed by atoms with Crippen LogP contribution in [0.1, 0.15) is 52.1 Å². The van der Waals surface area contributed by atoms with Gasteiger partial charge in [-0.3, -0.25) is 0 Å². The molecule has 21 heavy (non-hydrogen) atoms. The molecule has 4 heteroatoms. The van der Waals surface area contributed by atoms with Crippen molar-refractivity contribution in [1.82, 2.24) is 5.32 Å². The van der Waals surface area contributed by atoms with Gasteiger partial charge in [0.1, 0.15) is 11.6 Å². The molecule has 1 saturated carbocycles. The number of benzene rings is 1. The zero-order valence-electron chi connectivity index (χ0n) is 13.2. The Labute approximate surface area is 125 Å². The SMILES string of the molecule is CCOC1CC(NC(C)c2c(F)cccc2F)C1(C)CC. The van der Waals surface area contributed by atoms with E-state index >= 15 is 0 Å². The van der Waals surface area contributed by atoms with Crippen molar-refractivity contribution in [3.63, 3.8) is 0 Å². The highest BCUT2D eigenvalue weighted by atomic mass is 19.1. The first-order valence-corrected chi connectivity index (χ1v) is 7.75. The van der Waals surface area contributed by atoms with Crippen molar-refractivity contribution >= 4 is 0 Å². The van der Waals surface area contributed by atoms with E-state index in [4.69, 9.17) is 4.74 Å². The van der Waals surface area contributed by atoms with Crippen LogP contribution < -0.4 is 5.32 Å². The van der Waals surface area contributed by atoms with E-state index in [-0.39, 0.29) is 29.2 Å². The van der Waals surface area contributed by atoms with Crippen LogP contribution in [0.2, 0.25) is 0 Å². The Morgan fingerprint density at radius 1 is 1.33 bits per heavy atom. The molecule has 1 aromatic rings. The van der Waals surface area contributed by atoms with Crippen LogP contribution >= 0.6 is 0 Å². The predicted octanol–water partition coefficient (Wildman–Crippen LogP) is 4.21. The second-order valence-corrected chi connectivity index (χ2v) is 6.12. The minimum absolute atomic E-state index is 0.0198. The first kappa shape index (κ1) is 16.4. The maximum Gasteiger partial charge on any atom is 0.130 e. The van der Waals surface area contributed by atoms with Crippen LogP contribution in [0.4, 0.5) is 8.78 Å². The van der Waals surface area contributed by atoms with Crippen LogP contribution in [0.15, 0.2) is 18.2 Å². The highest BCUT2D eigenvalue weighted by Crippen LogP contribution is 2.46. The zero-order chi connectivity index (χ0) is 15.6. The molecule has 4 atom stereocenters. The van der Waals surface area contributed by atoms with Gasteiger partial charge in [0.25, 0.3) is 0 Å². The van der Waals surface area contributed by atoms with Crippen LogP contribution in [0.3, 0.4) is 0 Å². The second kappa shape index (κ2) is 6.41. The lowest BCUT2D eigenvalue weighted by atomic mass is 9.61. The largest absolute Gasteiger partial charge is 0.378 e. The Morgan fingerprint density at radius 3 is 2.48 bits per heavy atom. The summed E-state index contributed by atoms with van der Waals surface area (Å²) in [5.74, 6) is -0.984. The highest BCUT2D eigenvalue weighted by molar-refractivity contribution is 5.23. The van der Waals surface area contributed by atoms with E-state index in [1.165, 1.54) is 18.2 Å². The van der Waals surface area contributed by atoms with E-state index < -0.39 is 11.6 Å². The van der Waals surface area contributed by atoms with Gasteiger partial charge < -0.3 is 10.1 Å². The van der Waals surface area contributed by atoms with Gasteiger partial charge in [-0.25, -0.2) is 8.78 Å². The molecule has 0 amide bonds. The summed E-state index contributed by atoms with van der Waals surface area (Å²) in [5, 5.41) is 3.38. The maximum absolute atomic E-state index is 13.8. The van der Waals surface area contributed by atoms with E-state index in [2.05, 4.69) is 19.2 Å². The van der Waals surface area contributed by atoms with Gasteiger partial charge in [-0.1, -0.05) is 19.9 Å². The highest BCUT2D eigenvalue weighted by Gasteiger charge is 2.51. The van der Waals surface area contributed by atoms with Crippen molar-refractivity contribution in [3.05, 3.63) is 35.4 Å². The number of rotatable bonds is 6. The van der Waals surface area contributed by atoms with Crippen molar-refractivity contribution in [2.45, 2.75) is 58.7 Å². The van der Waals surface area contributed by atoms with Gasteiger partial charge in [-0.05, 0) is 38.8 Å².